The molecule has 0 spiro atoms. The van der Waals surface area contributed by atoms with Crippen molar-refractivity contribution in [1.82, 2.24) is 0 Å². The van der Waals surface area contributed by atoms with Crippen molar-refractivity contribution >= 4 is 12.6 Å². The Morgan fingerprint density at radius 2 is 1.56 bits per heavy atom. The molecule has 78 valence electrons. The maximum absolute atomic E-state index is 4.23. The molecule has 0 nitrogen and oxygen atoms in total. The first-order chi connectivity index (χ1) is 7.74. The van der Waals surface area contributed by atoms with Gasteiger partial charge >= 0.3 is 0 Å². The van der Waals surface area contributed by atoms with Gasteiger partial charge in [-0.25, -0.2) is 0 Å². The minimum absolute atomic E-state index is 0.959. The molecule has 0 aliphatic rings. The number of aryl methyl sites for hydroxylation is 1. The first kappa shape index (κ1) is 10.9. The van der Waals surface area contributed by atoms with Crippen LogP contribution in [0.25, 0.3) is 0 Å². The highest BCUT2D eigenvalue weighted by Crippen LogP contribution is 2.07. The Morgan fingerprint density at radius 1 is 0.875 bits per heavy atom. The average Bonchev–Trinajstić information content (AvgIpc) is 2.28. The van der Waals surface area contributed by atoms with Crippen molar-refractivity contribution in [2.24, 2.45) is 0 Å². The van der Waals surface area contributed by atoms with Crippen molar-refractivity contribution in [3.05, 3.63) is 65.2 Å². The van der Waals surface area contributed by atoms with Crippen LogP contribution in [-0.4, -0.2) is 0 Å². The SMILES string of the molecule is Cc1cccc(C#Cc2ccc(S)cc2)c1. The molecule has 1 heteroatoms. The molecular formula is C15H12S. The molecule has 0 bridgehead atoms. The highest BCUT2D eigenvalue weighted by Gasteiger charge is 1.88. The first-order valence-electron chi connectivity index (χ1n) is 5.12. The molecule has 0 aliphatic carbocycles. The van der Waals surface area contributed by atoms with E-state index in [0.717, 1.165) is 16.0 Å². The van der Waals surface area contributed by atoms with Crippen molar-refractivity contribution in [3.63, 3.8) is 0 Å². The number of hydrogen-bond acceptors (Lipinski definition) is 1. The van der Waals surface area contributed by atoms with E-state index < -0.39 is 0 Å². The van der Waals surface area contributed by atoms with Gasteiger partial charge in [0.1, 0.15) is 0 Å². The molecule has 0 aliphatic heterocycles. The Hall–Kier alpha value is -1.65. The molecule has 0 saturated heterocycles. The summed E-state index contributed by atoms with van der Waals surface area (Å²) in [5.74, 6) is 6.28. The highest BCUT2D eigenvalue weighted by molar-refractivity contribution is 7.80. The van der Waals surface area contributed by atoms with Crippen LogP contribution in [0, 0.1) is 18.8 Å². The van der Waals surface area contributed by atoms with Crippen LogP contribution in [0.1, 0.15) is 16.7 Å². The molecule has 0 aromatic heterocycles. The summed E-state index contributed by atoms with van der Waals surface area (Å²) in [6.45, 7) is 2.07. The van der Waals surface area contributed by atoms with Crippen LogP contribution >= 0.6 is 12.6 Å². The van der Waals surface area contributed by atoms with E-state index >= 15 is 0 Å². The third-order valence-corrected chi connectivity index (χ3v) is 2.53. The maximum Gasteiger partial charge on any atom is 0.0251 e. The Kier molecular flexibility index (Phi) is 3.34. The molecule has 0 radical (unpaired) electrons. The lowest BCUT2D eigenvalue weighted by atomic mass is 10.1. The molecule has 0 atom stereocenters. The molecule has 0 fully saturated rings. The lowest BCUT2D eigenvalue weighted by Crippen LogP contribution is -1.77. The number of rotatable bonds is 0. The fourth-order valence-corrected chi connectivity index (χ4v) is 1.56. The van der Waals surface area contributed by atoms with Crippen molar-refractivity contribution < 1.29 is 0 Å². The second-order valence-corrected chi connectivity index (χ2v) is 4.18. The van der Waals surface area contributed by atoms with Gasteiger partial charge in [0.25, 0.3) is 0 Å². The summed E-state index contributed by atoms with van der Waals surface area (Å²) < 4.78 is 0. The van der Waals surface area contributed by atoms with Crippen LogP contribution in [0.15, 0.2) is 53.4 Å². The molecule has 2 aromatic carbocycles. The molecule has 16 heavy (non-hydrogen) atoms. The van der Waals surface area contributed by atoms with Crippen molar-refractivity contribution in [1.29, 1.82) is 0 Å². The van der Waals surface area contributed by atoms with E-state index in [1.54, 1.807) is 0 Å². The Morgan fingerprint density at radius 3 is 2.25 bits per heavy atom. The fraction of sp³-hybridized carbons (Fsp3) is 0.0667. The van der Waals surface area contributed by atoms with Gasteiger partial charge in [0.05, 0.1) is 0 Å². The van der Waals surface area contributed by atoms with Crippen molar-refractivity contribution in [2.45, 2.75) is 11.8 Å². The van der Waals surface area contributed by atoms with Gasteiger partial charge in [-0.15, -0.1) is 12.6 Å². The van der Waals surface area contributed by atoms with E-state index in [1.165, 1.54) is 5.56 Å². The fourth-order valence-electron chi connectivity index (χ4n) is 1.41. The number of benzene rings is 2. The third kappa shape index (κ3) is 2.92. The quantitative estimate of drug-likeness (QED) is 0.512. The van der Waals surface area contributed by atoms with E-state index in [1.807, 2.05) is 36.4 Å². The summed E-state index contributed by atoms with van der Waals surface area (Å²) in [5, 5.41) is 0. The molecule has 2 rings (SSSR count). The first-order valence-corrected chi connectivity index (χ1v) is 5.56. The highest BCUT2D eigenvalue weighted by atomic mass is 32.1. The minimum Gasteiger partial charge on any atom is -0.143 e. The predicted molar refractivity (Wildman–Crippen MR) is 70.9 cm³/mol. The van der Waals surface area contributed by atoms with Crippen LogP contribution in [0.2, 0.25) is 0 Å². The van der Waals surface area contributed by atoms with E-state index in [9.17, 15) is 0 Å². The maximum atomic E-state index is 4.23. The van der Waals surface area contributed by atoms with E-state index in [2.05, 4.69) is 43.5 Å². The molecule has 0 saturated carbocycles. The summed E-state index contributed by atoms with van der Waals surface area (Å²) in [5.41, 5.74) is 3.30. The molecule has 0 amide bonds. The lowest BCUT2D eigenvalue weighted by Gasteiger charge is -1.93. The van der Waals surface area contributed by atoms with Crippen molar-refractivity contribution in [2.75, 3.05) is 0 Å². The van der Waals surface area contributed by atoms with Gasteiger partial charge in [-0.1, -0.05) is 24.0 Å². The van der Waals surface area contributed by atoms with Gasteiger partial charge in [0, 0.05) is 16.0 Å². The average molecular weight is 224 g/mol. The van der Waals surface area contributed by atoms with Crippen LogP contribution in [0.4, 0.5) is 0 Å². The zero-order chi connectivity index (χ0) is 11.4. The molecule has 0 unspecified atom stereocenters. The van der Waals surface area contributed by atoms with E-state index in [4.69, 9.17) is 0 Å². The van der Waals surface area contributed by atoms with Gasteiger partial charge in [0.2, 0.25) is 0 Å². The van der Waals surface area contributed by atoms with Gasteiger partial charge in [0.15, 0.2) is 0 Å². The number of thiol groups is 1. The van der Waals surface area contributed by atoms with E-state index in [0.29, 0.717) is 0 Å². The predicted octanol–water partition coefficient (Wildman–Crippen LogP) is 3.68. The zero-order valence-electron chi connectivity index (χ0n) is 9.07. The smallest absolute Gasteiger partial charge is 0.0251 e. The van der Waals surface area contributed by atoms with Crippen LogP contribution in [-0.2, 0) is 0 Å². The van der Waals surface area contributed by atoms with Crippen molar-refractivity contribution in [3.8, 4) is 11.8 Å². The largest absolute Gasteiger partial charge is 0.143 e. The normalized spacial score (nSPS) is 9.38. The van der Waals surface area contributed by atoms with Gasteiger partial charge in [-0.2, -0.15) is 0 Å². The summed E-state index contributed by atoms with van der Waals surface area (Å²) >= 11 is 4.23. The second kappa shape index (κ2) is 4.92. The van der Waals surface area contributed by atoms with E-state index in [-0.39, 0.29) is 0 Å². The Balaban J connectivity index is 2.25. The zero-order valence-corrected chi connectivity index (χ0v) is 9.96. The minimum atomic E-state index is 0.959. The molecule has 0 N–H and O–H groups in total. The third-order valence-electron chi connectivity index (χ3n) is 2.24. The van der Waals surface area contributed by atoms with Crippen LogP contribution < -0.4 is 0 Å². The Bertz CT molecular complexity index is 542. The summed E-state index contributed by atoms with van der Waals surface area (Å²) in [7, 11) is 0. The standard InChI is InChI=1S/C15H12S/c1-12-3-2-4-14(11-12)6-5-13-7-9-15(16)10-8-13/h2-4,7-11,16H,1H3. The Labute approximate surface area is 102 Å². The monoisotopic (exact) mass is 224 g/mol. The van der Waals surface area contributed by atoms with Crippen LogP contribution in [0.3, 0.4) is 0 Å². The van der Waals surface area contributed by atoms with Crippen LogP contribution in [0.5, 0.6) is 0 Å². The molecule has 0 heterocycles. The second-order valence-electron chi connectivity index (χ2n) is 3.67. The van der Waals surface area contributed by atoms with Gasteiger partial charge < -0.3 is 0 Å². The number of hydrogen-bond donors (Lipinski definition) is 1. The summed E-state index contributed by atoms with van der Waals surface area (Å²) in [4.78, 5) is 0.959. The summed E-state index contributed by atoms with van der Waals surface area (Å²) in [6, 6.07) is 16.0. The summed E-state index contributed by atoms with van der Waals surface area (Å²) in [6.07, 6.45) is 0. The molecule has 2 aromatic rings. The lowest BCUT2D eigenvalue weighted by molar-refractivity contribution is 1.45. The van der Waals surface area contributed by atoms with Gasteiger partial charge in [-0.05, 0) is 48.9 Å². The molecular weight excluding hydrogens is 212 g/mol. The van der Waals surface area contributed by atoms with Gasteiger partial charge in [-0.3, -0.25) is 0 Å². The topological polar surface area (TPSA) is 0 Å².